The first-order valence-corrected chi connectivity index (χ1v) is 7.68. The van der Waals surface area contributed by atoms with E-state index in [0.717, 1.165) is 30.2 Å². The first-order chi connectivity index (χ1) is 10.6. The van der Waals surface area contributed by atoms with Crippen LogP contribution in [0.1, 0.15) is 25.1 Å². The van der Waals surface area contributed by atoms with Crippen LogP contribution < -0.4 is 4.90 Å². The topological polar surface area (TPSA) is 46.3 Å². The van der Waals surface area contributed by atoms with Crippen LogP contribution >= 0.6 is 0 Å². The summed E-state index contributed by atoms with van der Waals surface area (Å²) in [4.78, 5) is 11.4. The van der Waals surface area contributed by atoms with Gasteiger partial charge >= 0.3 is 0 Å². The van der Waals surface area contributed by atoms with Gasteiger partial charge in [0.2, 0.25) is 0 Å². The number of aromatic nitrogens is 4. The lowest BCUT2D eigenvalue weighted by Gasteiger charge is -2.21. The number of aryl methyl sites for hydroxylation is 2. The quantitative estimate of drug-likeness (QED) is 0.741. The second kappa shape index (κ2) is 5.75. The van der Waals surface area contributed by atoms with Crippen molar-refractivity contribution in [3.63, 3.8) is 0 Å². The highest BCUT2D eigenvalue weighted by Gasteiger charge is 2.14. The average Bonchev–Trinajstić information content (AvgIpc) is 2.93. The van der Waals surface area contributed by atoms with Crippen molar-refractivity contribution in [1.82, 2.24) is 19.6 Å². The van der Waals surface area contributed by atoms with Crippen LogP contribution in [0, 0.1) is 13.8 Å². The lowest BCUT2D eigenvalue weighted by atomic mass is 10.1. The third-order valence-corrected chi connectivity index (χ3v) is 3.82. The third kappa shape index (κ3) is 2.54. The van der Waals surface area contributed by atoms with Gasteiger partial charge in [-0.05, 0) is 27.7 Å². The minimum atomic E-state index is 0.650. The van der Waals surface area contributed by atoms with E-state index >= 15 is 0 Å². The van der Waals surface area contributed by atoms with Gasteiger partial charge in [0.1, 0.15) is 5.82 Å². The maximum Gasteiger partial charge on any atom is 0.254 e. The number of rotatable bonds is 4. The molecule has 2 heterocycles. The zero-order valence-electron chi connectivity index (χ0n) is 13.5. The van der Waals surface area contributed by atoms with Gasteiger partial charge in [-0.15, -0.1) is 5.10 Å². The van der Waals surface area contributed by atoms with Crippen LogP contribution in [-0.2, 0) is 0 Å². The number of hydrogen-bond donors (Lipinski definition) is 0. The Morgan fingerprint density at radius 2 is 1.68 bits per heavy atom. The van der Waals surface area contributed by atoms with Crippen LogP contribution in [-0.4, -0.2) is 32.7 Å². The second-order valence-electron chi connectivity index (χ2n) is 5.44. The molecule has 0 unspecified atom stereocenters. The van der Waals surface area contributed by atoms with E-state index < -0.39 is 0 Å². The fraction of sp³-hybridized carbons (Fsp3) is 0.353. The summed E-state index contributed by atoms with van der Waals surface area (Å²) >= 11 is 0. The van der Waals surface area contributed by atoms with Crippen molar-refractivity contribution < 1.29 is 0 Å². The number of fused-ring (bicyclic) bond motifs is 1. The Labute approximate surface area is 130 Å². The molecule has 0 fully saturated rings. The Bertz CT molecular complexity index is 785. The van der Waals surface area contributed by atoms with Crippen LogP contribution in [0.3, 0.4) is 0 Å². The predicted octanol–water partition coefficient (Wildman–Crippen LogP) is 3.25. The Hall–Kier alpha value is -2.43. The number of benzene rings is 1. The minimum Gasteiger partial charge on any atom is -0.357 e. The summed E-state index contributed by atoms with van der Waals surface area (Å²) in [7, 11) is 0. The number of hydrogen-bond acceptors (Lipinski definition) is 4. The molecule has 1 aromatic carbocycles. The molecule has 114 valence electrons. The maximum absolute atomic E-state index is 4.67. The summed E-state index contributed by atoms with van der Waals surface area (Å²) in [6.45, 7) is 10.2. The van der Waals surface area contributed by atoms with Gasteiger partial charge in [0, 0.05) is 30.4 Å². The van der Waals surface area contributed by atoms with Gasteiger partial charge in [0.05, 0.1) is 0 Å². The van der Waals surface area contributed by atoms with Gasteiger partial charge in [-0.2, -0.15) is 9.50 Å². The molecule has 0 amide bonds. The fourth-order valence-corrected chi connectivity index (χ4v) is 2.57. The van der Waals surface area contributed by atoms with E-state index in [9.17, 15) is 0 Å². The van der Waals surface area contributed by atoms with Crippen molar-refractivity contribution >= 4 is 11.6 Å². The molecule has 0 atom stereocenters. The maximum atomic E-state index is 4.67. The van der Waals surface area contributed by atoms with E-state index in [2.05, 4.69) is 58.9 Å². The highest BCUT2D eigenvalue weighted by Crippen LogP contribution is 2.21. The van der Waals surface area contributed by atoms with Crippen molar-refractivity contribution in [2.45, 2.75) is 27.7 Å². The summed E-state index contributed by atoms with van der Waals surface area (Å²) in [5.41, 5.74) is 3.20. The molecule has 0 N–H and O–H groups in total. The minimum absolute atomic E-state index is 0.650. The molecule has 3 aromatic rings. The highest BCUT2D eigenvalue weighted by molar-refractivity contribution is 5.59. The Morgan fingerprint density at radius 1 is 1.00 bits per heavy atom. The first-order valence-electron chi connectivity index (χ1n) is 7.68. The van der Waals surface area contributed by atoms with E-state index in [4.69, 9.17) is 0 Å². The molecule has 0 aliphatic heterocycles. The van der Waals surface area contributed by atoms with Crippen molar-refractivity contribution in [2.24, 2.45) is 0 Å². The molecule has 22 heavy (non-hydrogen) atoms. The van der Waals surface area contributed by atoms with Gasteiger partial charge < -0.3 is 4.90 Å². The molecule has 0 bridgehead atoms. The number of anilines is 1. The molecule has 0 saturated carbocycles. The zero-order chi connectivity index (χ0) is 15.7. The smallest absolute Gasteiger partial charge is 0.254 e. The average molecular weight is 295 g/mol. The van der Waals surface area contributed by atoms with Crippen LogP contribution in [0.25, 0.3) is 17.2 Å². The molecule has 2 aromatic heterocycles. The summed E-state index contributed by atoms with van der Waals surface area (Å²) in [6.07, 6.45) is 0. The zero-order valence-corrected chi connectivity index (χ0v) is 13.5. The van der Waals surface area contributed by atoms with E-state index in [1.807, 2.05) is 23.6 Å². The second-order valence-corrected chi connectivity index (χ2v) is 5.44. The molecule has 5 heteroatoms. The predicted molar refractivity (Wildman–Crippen MR) is 89.3 cm³/mol. The van der Waals surface area contributed by atoms with Crippen molar-refractivity contribution in [3.05, 3.63) is 41.6 Å². The lowest BCUT2D eigenvalue weighted by Crippen LogP contribution is -2.25. The molecule has 0 aliphatic rings. The van der Waals surface area contributed by atoms with E-state index in [1.54, 1.807) is 0 Å². The largest absolute Gasteiger partial charge is 0.357 e. The summed E-state index contributed by atoms with van der Waals surface area (Å²) in [5, 5.41) is 4.67. The summed E-state index contributed by atoms with van der Waals surface area (Å²) < 4.78 is 1.84. The van der Waals surface area contributed by atoms with Crippen LogP contribution in [0.2, 0.25) is 0 Å². The van der Waals surface area contributed by atoms with Gasteiger partial charge in [-0.3, -0.25) is 0 Å². The first kappa shape index (κ1) is 14.5. The van der Waals surface area contributed by atoms with Crippen LogP contribution in [0.4, 0.5) is 5.82 Å². The molecule has 0 spiro atoms. The lowest BCUT2D eigenvalue weighted by molar-refractivity contribution is 0.797. The SMILES string of the molecule is CCN(CC)c1cc(C)nc2nc(-c3ccc(C)cc3)nn12. The molecule has 0 aliphatic carbocycles. The molecular formula is C17H21N5. The van der Waals surface area contributed by atoms with Gasteiger partial charge in [-0.25, -0.2) is 4.98 Å². The molecule has 3 rings (SSSR count). The molecule has 0 radical (unpaired) electrons. The van der Waals surface area contributed by atoms with Crippen LogP contribution in [0.5, 0.6) is 0 Å². The van der Waals surface area contributed by atoms with Crippen molar-refractivity contribution in [1.29, 1.82) is 0 Å². The molecule has 5 nitrogen and oxygen atoms in total. The fourth-order valence-electron chi connectivity index (χ4n) is 2.57. The third-order valence-electron chi connectivity index (χ3n) is 3.82. The van der Waals surface area contributed by atoms with Gasteiger partial charge in [-0.1, -0.05) is 29.8 Å². The standard InChI is InChI=1S/C17H21N5/c1-5-21(6-2)15-11-13(4)18-17-19-16(20-22(15)17)14-9-7-12(3)8-10-14/h7-11H,5-6H2,1-4H3. The Balaban J connectivity index is 2.16. The number of nitrogens with zero attached hydrogens (tertiary/aromatic N) is 5. The normalized spacial score (nSPS) is 11.1. The van der Waals surface area contributed by atoms with E-state index in [-0.39, 0.29) is 0 Å². The monoisotopic (exact) mass is 295 g/mol. The van der Waals surface area contributed by atoms with Crippen LogP contribution in [0.15, 0.2) is 30.3 Å². The van der Waals surface area contributed by atoms with Gasteiger partial charge in [0.25, 0.3) is 5.78 Å². The van der Waals surface area contributed by atoms with E-state index in [1.165, 1.54) is 5.56 Å². The molecular weight excluding hydrogens is 274 g/mol. The van der Waals surface area contributed by atoms with Crippen molar-refractivity contribution in [3.8, 4) is 11.4 Å². The summed E-state index contributed by atoms with van der Waals surface area (Å²) in [5.74, 6) is 2.40. The van der Waals surface area contributed by atoms with Gasteiger partial charge in [0.15, 0.2) is 5.82 Å². The summed E-state index contributed by atoms with van der Waals surface area (Å²) in [6, 6.07) is 10.3. The Morgan fingerprint density at radius 3 is 2.32 bits per heavy atom. The van der Waals surface area contributed by atoms with E-state index in [0.29, 0.717) is 11.6 Å². The highest BCUT2D eigenvalue weighted by atomic mass is 15.4. The van der Waals surface area contributed by atoms with Crippen molar-refractivity contribution in [2.75, 3.05) is 18.0 Å². The Kier molecular flexibility index (Phi) is 3.79. The molecule has 0 saturated heterocycles.